The summed E-state index contributed by atoms with van der Waals surface area (Å²) in [5.74, 6) is 0. The molecule has 0 spiro atoms. The van der Waals surface area contributed by atoms with Gasteiger partial charge in [0.05, 0.1) is 7.11 Å². The lowest BCUT2D eigenvalue weighted by atomic mass is 10.1. The van der Waals surface area contributed by atoms with E-state index in [1.807, 2.05) is 7.05 Å². The lowest BCUT2D eigenvalue weighted by molar-refractivity contribution is 0.141. The van der Waals surface area contributed by atoms with E-state index in [-0.39, 0.29) is 6.09 Å². The minimum Gasteiger partial charge on any atom is -0.453 e. The second-order valence-corrected chi connectivity index (χ2v) is 4.44. The summed E-state index contributed by atoms with van der Waals surface area (Å²) in [5.41, 5.74) is 3.02. The molecule has 1 aliphatic rings. The van der Waals surface area contributed by atoms with E-state index in [0.29, 0.717) is 6.04 Å². The highest BCUT2D eigenvalue weighted by Crippen LogP contribution is 2.29. The van der Waals surface area contributed by atoms with Crippen LogP contribution < -0.4 is 5.32 Å². The molecule has 4 nitrogen and oxygen atoms in total. The Balaban J connectivity index is 0.000000203. The molecule has 1 unspecified atom stereocenters. The fraction of sp³-hybridized carbons (Fsp3) is 0.500. The van der Waals surface area contributed by atoms with E-state index in [0.717, 1.165) is 0 Å². The molecule has 100 valence electrons. The highest BCUT2D eigenvalue weighted by atomic mass is 16.5. The summed E-state index contributed by atoms with van der Waals surface area (Å²) < 4.78 is 4.30. The topological polar surface area (TPSA) is 41.6 Å². The van der Waals surface area contributed by atoms with Crippen molar-refractivity contribution >= 4 is 6.09 Å². The molecule has 1 aromatic carbocycles. The van der Waals surface area contributed by atoms with Gasteiger partial charge in [0.2, 0.25) is 0 Å². The van der Waals surface area contributed by atoms with Crippen LogP contribution in [0.1, 0.15) is 23.6 Å². The molecule has 0 aromatic heterocycles. The molecule has 0 radical (unpaired) electrons. The predicted molar refractivity (Wildman–Crippen MR) is 72.7 cm³/mol. The Labute approximate surface area is 109 Å². The molecule has 4 heteroatoms. The van der Waals surface area contributed by atoms with Crippen molar-refractivity contribution in [2.45, 2.75) is 18.9 Å². The first-order valence-electron chi connectivity index (χ1n) is 6.10. The molecule has 0 heterocycles. The fourth-order valence-corrected chi connectivity index (χ4v) is 2.04. The van der Waals surface area contributed by atoms with Crippen molar-refractivity contribution in [3.05, 3.63) is 35.4 Å². The van der Waals surface area contributed by atoms with Crippen molar-refractivity contribution in [2.75, 3.05) is 28.3 Å². The summed E-state index contributed by atoms with van der Waals surface area (Å²) in [5, 5.41) is 3.32. The van der Waals surface area contributed by atoms with Crippen LogP contribution in [0, 0.1) is 0 Å². The molecule has 0 aliphatic heterocycles. The van der Waals surface area contributed by atoms with Crippen LogP contribution in [0.25, 0.3) is 0 Å². The average molecular weight is 250 g/mol. The zero-order valence-electron chi connectivity index (χ0n) is 11.6. The van der Waals surface area contributed by atoms with Crippen LogP contribution in [-0.4, -0.2) is 39.2 Å². The van der Waals surface area contributed by atoms with Gasteiger partial charge >= 0.3 is 6.09 Å². The Morgan fingerprint density at radius 2 is 2.06 bits per heavy atom. The monoisotopic (exact) mass is 250 g/mol. The van der Waals surface area contributed by atoms with Gasteiger partial charge in [-0.3, -0.25) is 0 Å². The zero-order chi connectivity index (χ0) is 13.5. The van der Waals surface area contributed by atoms with Crippen molar-refractivity contribution in [1.82, 2.24) is 10.2 Å². The highest BCUT2D eigenvalue weighted by Gasteiger charge is 2.19. The Morgan fingerprint density at radius 3 is 2.56 bits per heavy atom. The number of hydrogen-bond donors (Lipinski definition) is 1. The standard InChI is InChI=1S/C10H13N.C4H9NO2/c1-11-10-7-6-8-4-2-3-5-9(8)10;1-5(2)4(6)7-3/h2-5,10-11H,6-7H2,1H3;1-3H3. The van der Waals surface area contributed by atoms with Gasteiger partial charge in [-0.2, -0.15) is 0 Å². The minimum atomic E-state index is -0.319. The third-order valence-electron chi connectivity index (χ3n) is 3.02. The minimum absolute atomic E-state index is 0.319. The average Bonchev–Trinajstić information content (AvgIpc) is 2.81. The molecule has 0 fully saturated rings. The van der Waals surface area contributed by atoms with Crippen molar-refractivity contribution in [3.63, 3.8) is 0 Å². The molecular weight excluding hydrogens is 228 g/mol. The summed E-state index contributed by atoms with van der Waals surface area (Å²) in [4.78, 5) is 11.6. The van der Waals surface area contributed by atoms with Crippen LogP contribution in [0.15, 0.2) is 24.3 Å². The first kappa shape index (κ1) is 14.5. The number of nitrogens with one attached hydrogen (secondary N) is 1. The number of hydrogen-bond acceptors (Lipinski definition) is 3. The SMILES string of the molecule is CNC1CCc2ccccc21.COC(=O)N(C)C. The van der Waals surface area contributed by atoms with E-state index in [9.17, 15) is 4.79 Å². The number of fused-ring (bicyclic) bond motifs is 1. The van der Waals surface area contributed by atoms with Gasteiger partial charge in [0.15, 0.2) is 0 Å². The summed E-state index contributed by atoms with van der Waals surface area (Å²) >= 11 is 0. The molecule has 1 atom stereocenters. The molecule has 1 aliphatic carbocycles. The van der Waals surface area contributed by atoms with Gasteiger partial charge in [-0.25, -0.2) is 4.79 Å². The van der Waals surface area contributed by atoms with E-state index >= 15 is 0 Å². The predicted octanol–water partition coefficient (Wildman–Crippen LogP) is 2.21. The van der Waals surface area contributed by atoms with E-state index in [2.05, 4.69) is 34.3 Å². The molecule has 1 N–H and O–H groups in total. The fourth-order valence-electron chi connectivity index (χ4n) is 2.04. The second kappa shape index (κ2) is 7.01. The number of aryl methyl sites for hydroxylation is 1. The summed E-state index contributed by atoms with van der Waals surface area (Å²) in [7, 11) is 6.65. The first-order chi connectivity index (χ1) is 8.60. The van der Waals surface area contributed by atoms with Gasteiger partial charge in [0.1, 0.15) is 0 Å². The highest BCUT2D eigenvalue weighted by molar-refractivity contribution is 5.66. The van der Waals surface area contributed by atoms with Gasteiger partial charge in [0, 0.05) is 20.1 Å². The molecule has 18 heavy (non-hydrogen) atoms. The van der Waals surface area contributed by atoms with Crippen LogP contribution in [-0.2, 0) is 11.2 Å². The first-order valence-corrected chi connectivity index (χ1v) is 6.10. The number of nitrogens with zero attached hydrogens (tertiary/aromatic N) is 1. The normalized spacial score (nSPS) is 16.3. The van der Waals surface area contributed by atoms with Crippen molar-refractivity contribution in [2.24, 2.45) is 0 Å². The van der Waals surface area contributed by atoms with E-state index < -0.39 is 0 Å². The lowest BCUT2D eigenvalue weighted by Crippen LogP contribution is -2.20. The maximum absolute atomic E-state index is 10.2. The Kier molecular flexibility index (Phi) is 5.65. The number of amides is 1. The number of carbonyl (C=O) groups excluding carboxylic acids is 1. The third-order valence-corrected chi connectivity index (χ3v) is 3.02. The number of rotatable bonds is 1. The maximum atomic E-state index is 10.2. The molecule has 1 amide bonds. The van der Waals surface area contributed by atoms with Gasteiger partial charge in [0.25, 0.3) is 0 Å². The van der Waals surface area contributed by atoms with Crippen molar-refractivity contribution < 1.29 is 9.53 Å². The van der Waals surface area contributed by atoms with Gasteiger partial charge in [-0.05, 0) is 31.0 Å². The van der Waals surface area contributed by atoms with E-state index in [4.69, 9.17) is 0 Å². The van der Waals surface area contributed by atoms with E-state index in [1.54, 1.807) is 14.1 Å². The molecule has 1 aromatic rings. The Bertz CT molecular complexity index is 391. The number of methoxy groups -OCH3 is 1. The number of benzene rings is 1. The smallest absolute Gasteiger partial charge is 0.408 e. The lowest BCUT2D eigenvalue weighted by Gasteiger charge is -2.08. The maximum Gasteiger partial charge on any atom is 0.408 e. The largest absolute Gasteiger partial charge is 0.453 e. The number of ether oxygens (including phenoxy) is 1. The molecule has 0 saturated heterocycles. The quantitative estimate of drug-likeness (QED) is 0.831. The van der Waals surface area contributed by atoms with Gasteiger partial charge in [-0.1, -0.05) is 24.3 Å². The van der Waals surface area contributed by atoms with Crippen LogP contribution in [0.5, 0.6) is 0 Å². The molecule has 2 rings (SSSR count). The van der Waals surface area contributed by atoms with Gasteiger partial charge < -0.3 is 15.0 Å². The molecule has 0 saturated carbocycles. The van der Waals surface area contributed by atoms with Crippen molar-refractivity contribution in [1.29, 1.82) is 0 Å². The van der Waals surface area contributed by atoms with Crippen LogP contribution in [0.2, 0.25) is 0 Å². The zero-order valence-corrected chi connectivity index (χ0v) is 11.6. The van der Waals surface area contributed by atoms with Crippen molar-refractivity contribution in [3.8, 4) is 0 Å². The Hall–Kier alpha value is -1.55. The molecule has 0 bridgehead atoms. The molecular formula is C14H22N2O2. The van der Waals surface area contributed by atoms with Crippen LogP contribution >= 0.6 is 0 Å². The third kappa shape index (κ3) is 3.74. The van der Waals surface area contributed by atoms with Crippen LogP contribution in [0.3, 0.4) is 0 Å². The summed E-state index contributed by atoms with van der Waals surface area (Å²) in [6.45, 7) is 0. The van der Waals surface area contributed by atoms with Gasteiger partial charge in [-0.15, -0.1) is 0 Å². The van der Waals surface area contributed by atoms with E-state index in [1.165, 1.54) is 36.0 Å². The Morgan fingerprint density at radius 1 is 1.39 bits per heavy atom. The summed E-state index contributed by atoms with van der Waals surface area (Å²) in [6, 6.07) is 9.30. The van der Waals surface area contributed by atoms with Crippen LogP contribution in [0.4, 0.5) is 4.79 Å². The number of carbonyl (C=O) groups is 1. The summed E-state index contributed by atoms with van der Waals surface area (Å²) in [6.07, 6.45) is 2.18. The second-order valence-electron chi connectivity index (χ2n) is 4.44.